The number of nitrogens with one attached hydrogen (secondary N) is 1. The molecular weight excluding hydrogens is 579 g/mol. The van der Waals surface area contributed by atoms with Crippen LogP contribution in [0.1, 0.15) is 11.1 Å². The highest BCUT2D eigenvalue weighted by Crippen LogP contribution is 2.32. The van der Waals surface area contributed by atoms with Crippen molar-refractivity contribution in [3.63, 3.8) is 0 Å². The van der Waals surface area contributed by atoms with Gasteiger partial charge in [-0.3, -0.25) is 4.79 Å². The second-order valence-corrected chi connectivity index (χ2v) is 13.3. The van der Waals surface area contributed by atoms with E-state index in [0.29, 0.717) is 10.5 Å². The van der Waals surface area contributed by atoms with Gasteiger partial charge in [-0.15, -0.1) is 0 Å². The molecule has 1 aromatic heterocycles. The average molecular weight is 600 g/mol. The molecule has 0 aliphatic heterocycles. The van der Waals surface area contributed by atoms with Crippen LogP contribution in [-0.2, 0) is 24.8 Å². The van der Waals surface area contributed by atoms with Crippen molar-refractivity contribution in [3.05, 3.63) is 75.8 Å². The SMILES string of the molecule is Cc1cc(C)cc(S(=O)(=O)n2c(SCC(=O)Nc3ccc(S(N)(=O)=O)cc3Cl)nc3ccc(Cl)cc32)c1. The fourth-order valence-corrected chi connectivity index (χ4v) is 7.30. The molecule has 4 rings (SSSR count). The molecule has 0 radical (unpaired) electrons. The third-order valence-electron chi connectivity index (χ3n) is 5.16. The maximum Gasteiger partial charge on any atom is 0.270 e. The number of halogens is 2. The molecule has 0 atom stereocenters. The van der Waals surface area contributed by atoms with E-state index in [1.807, 2.05) is 6.07 Å². The van der Waals surface area contributed by atoms with E-state index in [1.165, 1.54) is 18.2 Å². The number of sulfonamides is 1. The summed E-state index contributed by atoms with van der Waals surface area (Å²) in [6.07, 6.45) is 0. The first kappa shape index (κ1) is 27.4. The predicted molar refractivity (Wildman–Crippen MR) is 145 cm³/mol. The van der Waals surface area contributed by atoms with Gasteiger partial charge >= 0.3 is 0 Å². The molecule has 1 amide bonds. The fraction of sp³-hybridized carbons (Fsp3) is 0.130. The van der Waals surface area contributed by atoms with Crippen LogP contribution >= 0.6 is 35.0 Å². The highest BCUT2D eigenvalue weighted by molar-refractivity contribution is 8.00. The molecule has 0 saturated heterocycles. The second kappa shape index (κ2) is 10.3. The van der Waals surface area contributed by atoms with Crippen molar-refractivity contribution in [2.75, 3.05) is 11.1 Å². The molecule has 14 heteroatoms. The highest BCUT2D eigenvalue weighted by atomic mass is 35.5. The first-order chi connectivity index (χ1) is 17.3. The van der Waals surface area contributed by atoms with Gasteiger partial charge in [-0.2, -0.15) is 0 Å². The number of fused-ring (bicyclic) bond motifs is 1. The number of benzene rings is 3. The van der Waals surface area contributed by atoms with Crippen LogP contribution in [0.5, 0.6) is 0 Å². The van der Waals surface area contributed by atoms with Gasteiger partial charge in [-0.05, 0) is 73.5 Å². The lowest BCUT2D eigenvalue weighted by Crippen LogP contribution is -2.18. The number of amides is 1. The van der Waals surface area contributed by atoms with Crippen LogP contribution in [0.3, 0.4) is 0 Å². The zero-order valence-corrected chi connectivity index (χ0v) is 23.4. The van der Waals surface area contributed by atoms with E-state index in [4.69, 9.17) is 28.3 Å². The zero-order chi connectivity index (χ0) is 27.1. The number of imidazole rings is 1. The maximum absolute atomic E-state index is 13.7. The summed E-state index contributed by atoms with van der Waals surface area (Å²) < 4.78 is 51.5. The maximum atomic E-state index is 13.7. The summed E-state index contributed by atoms with van der Waals surface area (Å²) in [6, 6.07) is 13.3. The minimum atomic E-state index is -4.09. The van der Waals surface area contributed by atoms with Crippen molar-refractivity contribution in [3.8, 4) is 0 Å². The van der Waals surface area contributed by atoms with Gasteiger partial charge in [0, 0.05) is 5.02 Å². The quantitative estimate of drug-likeness (QED) is 0.297. The molecule has 4 aromatic rings. The summed E-state index contributed by atoms with van der Waals surface area (Å²) in [7, 11) is -8.05. The molecule has 0 saturated carbocycles. The summed E-state index contributed by atoms with van der Waals surface area (Å²) in [6.45, 7) is 3.60. The molecule has 9 nitrogen and oxygen atoms in total. The lowest BCUT2D eigenvalue weighted by atomic mass is 10.2. The van der Waals surface area contributed by atoms with Crippen molar-refractivity contribution in [2.45, 2.75) is 28.8 Å². The minimum absolute atomic E-state index is 0.0239. The minimum Gasteiger partial charge on any atom is -0.324 e. The summed E-state index contributed by atoms with van der Waals surface area (Å²) in [5.74, 6) is -0.733. The molecule has 0 aliphatic rings. The van der Waals surface area contributed by atoms with Crippen LogP contribution < -0.4 is 10.5 Å². The second-order valence-electron chi connectivity index (χ2n) is 8.14. The van der Waals surface area contributed by atoms with Crippen LogP contribution in [0, 0.1) is 13.8 Å². The van der Waals surface area contributed by atoms with Gasteiger partial charge in [0.25, 0.3) is 10.0 Å². The van der Waals surface area contributed by atoms with Crippen LogP contribution in [-0.4, -0.2) is 37.5 Å². The Kier molecular flexibility index (Phi) is 7.62. The number of carbonyl (C=O) groups is 1. The Bertz CT molecular complexity index is 1750. The molecule has 0 fully saturated rings. The number of nitrogens with two attached hydrogens (primary N) is 1. The lowest BCUT2D eigenvalue weighted by molar-refractivity contribution is -0.113. The van der Waals surface area contributed by atoms with E-state index in [1.54, 1.807) is 38.1 Å². The highest BCUT2D eigenvalue weighted by Gasteiger charge is 2.26. The van der Waals surface area contributed by atoms with E-state index in [2.05, 4.69) is 10.3 Å². The van der Waals surface area contributed by atoms with Crippen LogP contribution in [0.25, 0.3) is 11.0 Å². The van der Waals surface area contributed by atoms with E-state index in [-0.39, 0.29) is 36.9 Å². The van der Waals surface area contributed by atoms with Crippen molar-refractivity contribution in [1.82, 2.24) is 8.96 Å². The average Bonchev–Trinajstić information content (AvgIpc) is 3.16. The molecule has 3 N–H and O–H groups in total. The summed E-state index contributed by atoms with van der Waals surface area (Å²) in [5, 5.41) is 8.04. The van der Waals surface area contributed by atoms with E-state index in [0.717, 1.165) is 32.9 Å². The van der Waals surface area contributed by atoms with Gasteiger partial charge < -0.3 is 5.32 Å². The van der Waals surface area contributed by atoms with Crippen molar-refractivity contribution in [2.24, 2.45) is 5.14 Å². The van der Waals surface area contributed by atoms with Crippen LogP contribution in [0.15, 0.2) is 69.5 Å². The van der Waals surface area contributed by atoms with Crippen molar-refractivity contribution in [1.29, 1.82) is 0 Å². The third-order valence-corrected chi connectivity index (χ3v) is 9.35. The van der Waals surface area contributed by atoms with Crippen LogP contribution in [0.4, 0.5) is 5.69 Å². The largest absolute Gasteiger partial charge is 0.324 e. The Labute approximate surface area is 228 Å². The number of thioether (sulfide) groups is 1. The molecule has 1 heterocycles. The Hall–Kier alpha value is -2.61. The molecule has 0 bridgehead atoms. The molecule has 0 unspecified atom stereocenters. The van der Waals surface area contributed by atoms with E-state index in [9.17, 15) is 21.6 Å². The smallest absolute Gasteiger partial charge is 0.270 e. The lowest BCUT2D eigenvalue weighted by Gasteiger charge is -2.12. The third kappa shape index (κ3) is 5.95. The Morgan fingerprint density at radius 2 is 1.65 bits per heavy atom. The molecule has 37 heavy (non-hydrogen) atoms. The van der Waals surface area contributed by atoms with E-state index >= 15 is 0 Å². The molecule has 194 valence electrons. The molecule has 3 aromatic carbocycles. The molecule has 0 spiro atoms. The number of hydrogen-bond donors (Lipinski definition) is 2. The molecule has 0 aliphatic carbocycles. The van der Waals surface area contributed by atoms with E-state index < -0.39 is 26.0 Å². The summed E-state index contributed by atoms with van der Waals surface area (Å²) in [5.41, 5.74) is 2.39. The van der Waals surface area contributed by atoms with Gasteiger partial charge in [0.05, 0.1) is 37.3 Å². The Balaban J connectivity index is 1.66. The first-order valence-corrected chi connectivity index (χ1v) is 15.3. The number of rotatable bonds is 7. The first-order valence-electron chi connectivity index (χ1n) is 10.5. The number of aryl methyl sites for hydroxylation is 2. The Morgan fingerprint density at radius 3 is 2.27 bits per heavy atom. The number of nitrogens with zero attached hydrogens (tertiary/aromatic N) is 2. The predicted octanol–water partition coefficient (Wildman–Crippen LogP) is 4.58. The van der Waals surface area contributed by atoms with Crippen LogP contribution in [0.2, 0.25) is 10.0 Å². The molecular formula is C23H20Cl2N4O5S3. The topological polar surface area (TPSA) is 141 Å². The number of carbonyl (C=O) groups excluding carboxylic acids is 1. The number of aromatic nitrogens is 2. The van der Waals surface area contributed by atoms with Crippen molar-refractivity contribution >= 4 is 77.6 Å². The van der Waals surface area contributed by atoms with Gasteiger partial charge in [-0.25, -0.2) is 30.9 Å². The summed E-state index contributed by atoms with van der Waals surface area (Å²) >= 11 is 13.2. The Morgan fingerprint density at radius 1 is 0.973 bits per heavy atom. The van der Waals surface area contributed by atoms with Crippen molar-refractivity contribution < 1.29 is 21.6 Å². The monoisotopic (exact) mass is 598 g/mol. The number of hydrogen-bond acceptors (Lipinski definition) is 7. The normalized spacial score (nSPS) is 12.1. The standard InChI is InChI=1S/C23H20Cl2N4O5S3/c1-13-7-14(2)9-17(8-13)37(33,34)29-21-10-15(24)3-5-20(21)28-23(29)35-12-22(30)27-19-6-4-16(11-18(19)25)36(26,31)32/h3-11H,12H2,1-2H3,(H,27,30)(H2,26,31,32). The van der Waals surface area contributed by atoms with Gasteiger partial charge in [0.1, 0.15) is 0 Å². The van der Waals surface area contributed by atoms with Gasteiger partial charge in [-0.1, -0.05) is 41.0 Å². The van der Waals surface area contributed by atoms with Gasteiger partial charge in [0.15, 0.2) is 5.16 Å². The van der Waals surface area contributed by atoms with Gasteiger partial charge in [0.2, 0.25) is 15.9 Å². The number of anilines is 1. The summed E-state index contributed by atoms with van der Waals surface area (Å²) in [4.78, 5) is 17.0. The number of primary sulfonamides is 1. The zero-order valence-electron chi connectivity index (χ0n) is 19.4. The fourth-order valence-electron chi connectivity index (χ4n) is 3.61.